The molecule has 1 heterocycles. The topological polar surface area (TPSA) is 33.1 Å². The second-order valence-electron chi connectivity index (χ2n) is 3.63. The summed E-state index contributed by atoms with van der Waals surface area (Å²) in [5.41, 5.74) is -0.328. The number of aromatic nitrogens is 1. The van der Waals surface area contributed by atoms with Crippen molar-refractivity contribution in [1.29, 1.82) is 0 Å². The van der Waals surface area contributed by atoms with Crippen LogP contribution in [-0.2, 0) is 12.6 Å². The highest BCUT2D eigenvalue weighted by Gasteiger charge is 2.30. The van der Waals surface area contributed by atoms with Gasteiger partial charge in [0.15, 0.2) is 0 Å². The molecular formula is C11H14F3NO. The highest BCUT2D eigenvalue weighted by molar-refractivity contribution is 5.19. The Morgan fingerprint density at radius 1 is 1.44 bits per heavy atom. The molecule has 0 bridgehead atoms. The quantitative estimate of drug-likeness (QED) is 0.867. The molecule has 0 saturated heterocycles. The number of rotatable bonds is 4. The van der Waals surface area contributed by atoms with Crippen molar-refractivity contribution in [2.45, 2.75) is 38.5 Å². The van der Waals surface area contributed by atoms with E-state index < -0.39 is 17.8 Å². The summed E-state index contributed by atoms with van der Waals surface area (Å²) in [6.45, 7) is 1.82. The predicted molar refractivity (Wildman–Crippen MR) is 53.9 cm³/mol. The molecule has 1 aromatic heterocycles. The Labute approximate surface area is 92.1 Å². The number of hydrogen-bond acceptors (Lipinski definition) is 2. The van der Waals surface area contributed by atoms with Gasteiger partial charge in [-0.2, -0.15) is 13.2 Å². The van der Waals surface area contributed by atoms with E-state index in [1.165, 1.54) is 0 Å². The highest BCUT2D eigenvalue weighted by atomic mass is 19.4. The highest BCUT2D eigenvalue weighted by Crippen LogP contribution is 2.29. The predicted octanol–water partition coefficient (Wildman–Crippen LogP) is 2.80. The lowest BCUT2D eigenvalue weighted by atomic mass is 10.1. The second-order valence-corrected chi connectivity index (χ2v) is 3.63. The molecule has 90 valence electrons. The van der Waals surface area contributed by atoms with Crippen LogP contribution < -0.4 is 0 Å². The Morgan fingerprint density at radius 2 is 2.12 bits per heavy atom. The van der Waals surface area contributed by atoms with Gasteiger partial charge in [0.05, 0.1) is 11.7 Å². The van der Waals surface area contributed by atoms with Crippen LogP contribution in [0.5, 0.6) is 0 Å². The number of nitrogens with zero attached hydrogens (tertiary/aromatic N) is 1. The van der Waals surface area contributed by atoms with Crippen LogP contribution in [0.2, 0.25) is 0 Å². The Kier molecular flexibility index (Phi) is 4.29. The molecule has 0 amide bonds. The Bertz CT molecular complexity index is 338. The summed E-state index contributed by atoms with van der Waals surface area (Å²) >= 11 is 0. The van der Waals surface area contributed by atoms with E-state index in [4.69, 9.17) is 0 Å². The summed E-state index contributed by atoms with van der Waals surface area (Å²) in [6.07, 6.45) is -2.27. The number of halogens is 3. The molecule has 1 unspecified atom stereocenters. The minimum atomic E-state index is -4.33. The Morgan fingerprint density at radius 3 is 2.69 bits per heavy atom. The molecule has 0 aliphatic heterocycles. The van der Waals surface area contributed by atoms with Gasteiger partial charge in [-0.15, -0.1) is 0 Å². The van der Waals surface area contributed by atoms with Crippen LogP contribution in [0.15, 0.2) is 18.3 Å². The van der Waals surface area contributed by atoms with E-state index in [1.54, 1.807) is 0 Å². The SMILES string of the molecule is CCC(O)CCc1cc(C(F)(F)F)ccn1. The van der Waals surface area contributed by atoms with Crippen LogP contribution in [0.3, 0.4) is 0 Å². The molecule has 16 heavy (non-hydrogen) atoms. The van der Waals surface area contributed by atoms with Gasteiger partial charge in [-0.25, -0.2) is 0 Å². The zero-order chi connectivity index (χ0) is 12.2. The molecule has 5 heteroatoms. The molecule has 0 fully saturated rings. The van der Waals surface area contributed by atoms with E-state index >= 15 is 0 Å². The van der Waals surface area contributed by atoms with E-state index in [-0.39, 0.29) is 0 Å². The number of aryl methyl sites for hydroxylation is 1. The fraction of sp³-hybridized carbons (Fsp3) is 0.545. The molecule has 1 aromatic rings. The van der Waals surface area contributed by atoms with Gasteiger partial charge in [0.2, 0.25) is 0 Å². The van der Waals surface area contributed by atoms with Crippen LogP contribution in [-0.4, -0.2) is 16.2 Å². The summed E-state index contributed by atoms with van der Waals surface area (Å²) < 4.78 is 37.1. The maximum atomic E-state index is 12.4. The maximum Gasteiger partial charge on any atom is 0.416 e. The zero-order valence-electron chi connectivity index (χ0n) is 8.96. The number of hydrogen-bond donors (Lipinski definition) is 1. The third-order valence-corrected chi connectivity index (χ3v) is 2.35. The van der Waals surface area contributed by atoms with Gasteiger partial charge in [0.1, 0.15) is 0 Å². The third-order valence-electron chi connectivity index (χ3n) is 2.35. The molecule has 0 aliphatic rings. The fourth-order valence-electron chi connectivity index (χ4n) is 1.31. The zero-order valence-corrected chi connectivity index (χ0v) is 8.96. The summed E-state index contributed by atoms with van der Waals surface area (Å²) in [5, 5.41) is 9.30. The molecule has 1 rings (SSSR count). The molecule has 0 saturated carbocycles. The van der Waals surface area contributed by atoms with Gasteiger partial charge in [-0.1, -0.05) is 6.92 Å². The molecule has 0 aliphatic carbocycles. The third kappa shape index (κ3) is 3.81. The molecule has 1 atom stereocenters. The normalized spacial score (nSPS) is 13.8. The van der Waals surface area contributed by atoms with Gasteiger partial charge in [-0.3, -0.25) is 4.98 Å². The first-order valence-corrected chi connectivity index (χ1v) is 5.13. The summed E-state index contributed by atoms with van der Waals surface area (Å²) in [4.78, 5) is 3.85. The average Bonchev–Trinajstić information content (AvgIpc) is 2.25. The average molecular weight is 233 g/mol. The van der Waals surface area contributed by atoms with Gasteiger partial charge in [0.25, 0.3) is 0 Å². The van der Waals surface area contributed by atoms with E-state index in [9.17, 15) is 18.3 Å². The first-order valence-electron chi connectivity index (χ1n) is 5.13. The summed E-state index contributed by atoms with van der Waals surface area (Å²) in [6, 6.07) is 1.97. The van der Waals surface area contributed by atoms with E-state index in [2.05, 4.69) is 4.98 Å². The van der Waals surface area contributed by atoms with E-state index in [0.717, 1.165) is 18.3 Å². The summed E-state index contributed by atoms with van der Waals surface area (Å²) in [7, 11) is 0. The minimum absolute atomic E-state index is 0.360. The molecular weight excluding hydrogens is 219 g/mol. The molecule has 0 spiro atoms. The van der Waals surface area contributed by atoms with Gasteiger partial charge < -0.3 is 5.11 Å². The maximum absolute atomic E-state index is 12.4. The van der Waals surface area contributed by atoms with Gasteiger partial charge >= 0.3 is 6.18 Å². The minimum Gasteiger partial charge on any atom is -0.393 e. The van der Waals surface area contributed by atoms with Crippen LogP contribution in [0, 0.1) is 0 Å². The van der Waals surface area contributed by atoms with Crippen LogP contribution in [0.4, 0.5) is 13.2 Å². The number of aliphatic hydroxyl groups is 1. The van der Waals surface area contributed by atoms with E-state index in [1.807, 2.05) is 6.92 Å². The number of aliphatic hydroxyl groups excluding tert-OH is 1. The Balaban J connectivity index is 2.68. The van der Waals surface area contributed by atoms with Crippen molar-refractivity contribution in [3.63, 3.8) is 0 Å². The number of alkyl halides is 3. The lowest BCUT2D eigenvalue weighted by Gasteiger charge is -2.09. The van der Waals surface area contributed by atoms with Crippen molar-refractivity contribution in [3.8, 4) is 0 Å². The second kappa shape index (κ2) is 5.30. The van der Waals surface area contributed by atoms with Crippen molar-refractivity contribution in [2.75, 3.05) is 0 Å². The Hall–Kier alpha value is -1.10. The molecule has 1 N–H and O–H groups in total. The summed E-state index contributed by atoms with van der Waals surface area (Å²) in [5.74, 6) is 0. The first-order chi connectivity index (χ1) is 7.43. The fourth-order valence-corrected chi connectivity index (χ4v) is 1.31. The van der Waals surface area contributed by atoms with Crippen LogP contribution >= 0.6 is 0 Å². The van der Waals surface area contributed by atoms with Crippen molar-refractivity contribution in [3.05, 3.63) is 29.6 Å². The van der Waals surface area contributed by atoms with Crippen molar-refractivity contribution in [2.24, 2.45) is 0 Å². The smallest absolute Gasteiger partial charge is 0.393 e. The monoisotopic (exact) mass is 233 g/mol. The largest absolute Gasteiger partial charge is 0.416 e. The van der Waals surface area contributed by atoms with Crippen molar-refractivity contribution in [1.82, 2.24) is 4.98 Å². The first kappa shape index (κ1) is 13.0. The molecule has 2 nitrogen and oxygen atoms in total. The molecule has 0 aromatic carbocycles. The van der Waals surface area contributed by atoms with Crippen molar-refractivity contribution < 1.29 is 18.3 Å². The number of pyridine rings is 1. The lowest BCUT2D eigenvalue weighted by molar-refractivity contribution is -0.137. The van der Waals surface area contributed by atoms with Gasteiger partial charge in [-0.05, 0) is 31.4 Å². The van der Waals surface area contributed by atoms with E-state index in [0.29, 0.717) is 25.0 Å². The van der Waals surface area contributed by atoms with Crippen LogP contribution in [0.1, 0.15) is 31.0 Å². The van der Waals surface area contributed by atoms with Crippen LogP contribution in [0.25, 0.3) is 0 Å². The molecule has 0 radical (unpaired) electrons. The van der Waals surface area contributed by atoms with Gasteiger partial charge in [0, 0.05) is 11.9 Å². The standard InChI is InChI=1S/C11H14F3NO/c1-2-10(16)4-3-9-7-8(5-6-15-9)11(12,13)14/h5-7,10,16H,2-4H2,1H3. The van der Waals surface area contributed by atoms with Crippen molar-refractivity contribution >= 4 is 0 Å². The lowest BCUT2D eigenvalue weighted by Crippen LogP contribution is -2.09.